The van der Waals surface area contributed by atoms with E-state index in [1.54, 1.807) is 44.7 Å². The predicted octanol–water partition coefficient (Wildman–Crippen LogP) is 3.39. The van der Waals surface area contributed by atoms with Crippen molar-refractivity contribution in [1.82, 2.24) is 15.2 Å². The highest BCUT2D eigenvalue weighted by Gasteiger charge is 2.26. The molecule has 0 bridgehead atoms. The fourth-order valence-corrected chi connectivity index (χ4v) is 4.15. The maximum atomic E-state index is 12.7. The monoisotopic (exact) mass is 446 g/mol. The number of amides is 1. The Morgan fingerprint density at radius 1 is 0.939 bits per heavy atom. The van der Waals surface area contributed by atoms with Gasteiger partial charge in [0.1, 0.15) is 11.5 Å². The molecule has 0 aliphatic carbocycles. The molecule has 0 radical (unpaired) electrons. The van der Waals surface area contributed by atoms with Gasteiger partial charge < -0.3 is 19.7 Å². The second kappa shape index (κ2) is 10.8. The standard InChI is InChI=1S/C26H30N4O3/c1-32-23-9-5-20(6-10-23)26(31)28-19-25(21-4-3-13-27-18-21)30-16-14-29(15-17-30)22-7-11-24(33-2)12-8-22/h3-13,18,25H,14-17,19H2,1-2H3,(H,28,31)/t25-/m0/s1. The molecule has 1 fully saturated rings. The SMILES string of the molecule is COc1ccc(C(=O)NC[C@@H](c2cccnc2)N2CCN(c3ccc(OC)cc3)CC2)cc1. The van der Waals surface area contributed by atoms with Crippen LogP contribution in [0.15, 0.2) is 73.1 Å². The predicted molar refractivity (Wildman–Crippen MR) is 129 cm³/mol. The largest absolute Gasteiger partial charge is 0.497 e. The molecule has 2 aromatic carbocycles. The Kier molecular flexibility index (Phi) is 7.42. The number of pyridine rings is 1. The Morgan fingerprint density at radius 2 is 1.58 bits per heavy atom. The molecule has 1 N–H and O–H groups in total. The van der Waals surface area contributed by atoms with E-state index >= 15 is 0 Å². The molecule has 0 spiro atoms. The van der Waals surface area contributed by atoms with Crippen molar-refractivity contribution < 1.29 is 14.3 Å². The maximum Gasteiger partial charge on any atom is 0.251 e. The number of aromatic nitrogens is 1. The molecule has 3 aromatic rings. The Morgan fingerprint density at radius 3 is 2.15 bits per heavy atom. The lowest BCUT2D eigenvalue weighted by Crippen LogP contribution is -2.50. The molecule has 1 saturated heterocycles. The van der Waals surface area contributed by atoms with Crippen LogP contribution in [0, 0.1) is 0 Å². The van der Waals surface area contributed by atoms with Gasteiger partial charge in [-0.3, -0.25) is 14.7 Å². The Hall–Kier alpha value is -3.58. The molecule has 2 heterocycles. The molecular formula is C26H30N4O3. The van der Waals surface area contributed by atoms with Crippen LogP contribution in [0.5, 0.6) is 11.5 Å². The van der Waals surface area contributed by atoms with Gasteiger partial charge in [0.05, 0.1) is 20.3 Å². The van der Waals surface area contributed by atoms with Crippen molar-refractivity contribution in [2.24, 2.45) is 0 Å². The van der Waals surface area contributed by atoms with Crippen LogP contribution in [-0.2, 0) is 0 Å². The number of anilines is 1. The first-order valence-corrected chi connectivity index (χ1v) is 11.1. The molecule has 172 valence electrons. The highest BCUT2D eigenvalue weighted by Crippen LogP contribution is 2.25. The molecule has 1 atom stereocenters. The minimum absolute atomic E-state index is 0.0546. The number of carbonyl (C=O) groups is 1. The van der Waals surface area contributed by atoms with Gasteiger partial charge in [0.25, 0.3) is 5.91 Å². The summed E-state index contributed by atoms with van der Waals surface area (Å²) in [4.78, 5) is 21.9. The third-order valence-electron chi connectivity index (χ3n) is 6.07. The van der Waals surface area contributed by atoms with E-state index in [-0.39, 0.29) is 11.9 Å². The summed E-state index contributed by atoms with van der Waals surface area (Å²) in [6.45, 7) is 4.12. The van der Waals surface area contributed by atoms with Crippen molar-refractivity contribution in [2.75, 3.05) is 51.8 Å². The van der Waals surface area contributed by atoms with Gasteiger partial charge in [-0.15, -0.1) is 0 Å². The molecule has 0 unspecified atom stereocenters. The lowest BCUT2D eigenvalue weighted by atomic mass is 10.1. The van der Waals surface area contributed by atoms with Crippen LogP contribution in [0.2, 0.25) is 0 Å². The van der Waals surface area contributed by atoms with Gasteiger partial charge in [-0.25, -0.2) is 0 Å². The zero-order chi connectivity index (χ0) is 23.0. The molecule has 1 aromatic heterocycles. The summed E-state index contributed by atoms with van der Waals surface area (Å²) in [5.41, 5.74) is 2.91. The minimum atomic E-state index is -0.0941. The van der Waals surface area contributed by atoms with Gasteiger partial charge in [-0.2, -0.15) is 0 Å². The lowest BCUT2D eigenvalue weighted by Gasteiger charge is -2.40. The molecule has 7 heteroatoms. The first kappa shape index (κ1) is 22.6. The van der Waals surface area contributed by atoms with Gasteiger partial charge in [-0.1, -0.05) is 6.07 Å². The lowest BCUT2D eigenvalue weighted by molar-refractivity contribution is 0.0930. The summed E-state index contributed by atoms with van der Waals surface area (Å²) in [5.74, 6) is 1.50. The number of hydrogen-bond donors (Lipinski definition) is 1. The molecule has 1 amide bonds. The van der Waals surface area contributed by atoms with E-state index in [2.05, 4.69) is 38.3 Å². The van der Waals surface area contributed by atoms with E-state index < -0.39 is 0 Å². The van der Waals surface area contributed by atoms with Crippen LogP contribution >= 0.6 is 0 Å². The first-order valence-electron chi connectivity index (χ1n) is 11.1. The number of nitrogens with zero attached hydrogens (tertiary/aromatic N) is 3. The van der Waals surface area contributed by atoms with E-state index in [4.69, 9.17) is 9.47 Å². The number of hydrogen-bond acceptors (Lipinski definition) is 6. The quantitative estimate of drug-likeness (QED) is 0.572. The number of ether oxygens (including phenoxy) is 2. The summed E-state index contributed by atoms with van der Waals surface area (Å²) < 4.78 is 10.5. The van der Waals surface area contributed by atoms with Crippen molar-refractivity contribution in [3.8, 4) is 11.5 Å². The van der Waals surface area contributed by atoms with Crippen molar-refractivity contribution >= 4 is 11.6 Å². The van der Waals surface area contributed by atoms with Gasteiger partial charge in [0, 0.05) is 56.4 Å². The van der Waals surface area contributed by atoms with Crippen molar-refractivity contribution in [2.45, 2.75) is 6.04 Å². The minimum Gasteiger partial charge on any atom is -0.497 e. The third-order valence-corrected chi connectivity index (χ3v) is 6.07. The van der Waals surface area contributed by atoms with Crippen LogP contribution in [0.1, 0.15) is 22.0 Å². The van der Waals surface area contributed by atoms with E-state index in [0.717, 1.165) is 43.2 Å². The number of benzene rings is 2. The molecule has 1 aliphatic heterocycles. The van der Waals surface area contributed by atoms with Crippen LogP contribution in [-0.4, -0.2) is 62.7 Å². The summed E-state index contributed by atoms with van der Waals surface area (Å²) in [6.07, 6.45) is 3.66. The van der Waals surface area contributed by atoms with Gasteiger partial charge >= 0.3 is 0 Å². The zero-order valence-corrected chi connectivity index (χ0v) is 19.1. The van der Waals surface area contributed by atoms with Crippen LogP contribution in [0.3, 0.4) is 0 Å². The molecule has 33 heavy (non-hydrogen) atoms. The highest BCUT2D eigenvalue weighted by atomic mass is 16.5. The number of carbonyl (C=O) groups excluding carboxylic acids is 1. The van der Waals surface area contributed by atoms with Gasteiger partial charge in [0.2, 0.25) is 0 Å². The van der Waals surface area contributed by atoms with Crippen molar-refractivity contribution in [3.63, 3.8) is 0 Å². The average Bonchev–Trinajstić information content (AvgIpc) is 2.90. The maximum absolute atomic E-state index is 12.7. The fourth-order valence-electron chi connectivity index (χ4n) is 4.15. The van der Waals surface area contributed by atoms with Crippen LogP contribution in [0.4, 0.5) is 5.69 Å². The van der Waals surface area contributed by atoms with Gasteiger partial charge in [0.15, 0.2) is 0 Å². The number of rotatable bonds is 8. The van der Waals surface area contributed by atoms with Crippen LogP contribution in [0.25, 0.3) is 0 Å². The molecule has 4 rings (SSSR count). The molecular weight excluding hydrogens is 416 g/mol. The zero-order valence-electron chi connectivity index (χ0n) is 19.1. The summed E-state index contributed by atoms with van der Waals surface area (Å²) in [5, 5.41) is 3.11. The number of methoxy groups -OCH3 is 2. The highest BCUT2D eigenvalue weighted by molar-refractivity contribution is 5.94. The second-order valence-corrected chi connectivity index (χ2v) is 7.96. The van der Waals surface area contributed by atoms with Crippen LogP contribution < -0.4 is 19.7 Å². The fraction of sp³-hybridized carbons (Fsp3) is 0.308. The Balaban J connectivity index is 1.41. The van der Waals surface area contributed by atoms with E-state index in [0.29, 0.717) is 12.1 Å². The topological polar surface area (TPSA) is 66.9 Å². The third kappa shape index (κ3) is 5.62. The van der Waals surface area contributed by atoms with E-state index in [1.165, 1.54) is 5.69 Å². The van der Waals surface area contributed by atoms with Crippen molar-refractivity contribution in [3.05, 3.63) is 84.2 Å². The second-order valence-electron chi connectivity index (χ2n) is 7.96. The Bertz CT molecular complexity index is 1020. The summed E-state index contributed by atoms with van der Waals surface area (Å²) >= 11 is 0. The smallest absolute Gasteiger partial charge is 0.251 e. The first-order chi connectivity index (χ1) is 16.2. The molecule has 7 nitrogen and oxygen atoms in total. The molecule has 1 aliphatic rings. The van der Waals surface area contributed by atoms with E-state index in [1.807, 2.05) is 24.4 Å². The van der Waals surface area contributed by atoms with Gasteiger partial charge in [-0.05, 0) is 60.2 Å². The normalized spacial score (nSPS) is 15.0. The number of nitrogens with one attached hydrogen (secondary N) is 1. The van der Waals surface area contributed by atoms with Crippen molar-refractivity contribution in [1.29, 1.82) is 0 Å². The van der Waals surface area contributed by atoms with E-state index in [9.17, 15) is 4.79 Å². The summed E-state index contributed by atoms with van der Waals surface area (Å²) in [7, 11) is 3.29. The summed E-state index contributed by atoms with van der Waals surface area (Å²) in [6, 6.07) is 19.4. The average molecular weight is 447 g/mol. The number of piperazine rings is 1. The molecule has 0 saturated carbocycles. The Labute approximate surface area is 195 Å².